The molecule has 1 saturated heterocycles. The lowest BCUT2D eigenvalue weighted by Gasteiger charge is -2.31. The van der Waals surface area contributed by atoms with Gasteiger partial charge >= 0.3 is 0 Å². The van der Waals surface area contributed by atoms with E-state index in [9.17, 15) is 9.59 Å². The number of nitrogens with one attached hydrogen (secondary N) is 1. The summed E-state index contributed by atoms with van der Waals surface area (Å²) >= 11 is 0. The summed E-state index contributed by atoms with van der Waals surface area (Å²) in [5.41, 5.74) is 1.20. The number of likely N-dealkylation sites (tertiary alicyclic amines) is 1. The highest BCUT2D eigenvalue weighted by atomic mass is 16.3. The van der Waals surface area contributed by atoms with Crippen LogP contribution in [0.5, 0.6) is 0 Å². The van der Waals surface area contributed by atoms with E-state index < -0.39 is 0 Å². The molecule has 7 nitrogen and oxygen atoms in total. The van der Waals surface area contributed by atoms with Crippen LogP contribution >= 0.6 is 0 Å². The third kappa shape index (κ3) is 4.23. The molecule has 1 N–H and O–H groups in total. The molecule has 1 aliphatic heterocycles. The van der Waals surface area contributed by atoms with Crippen molar-refractivity contribution in [2.24, 2.45) is 5.92 Å². The molecule has 2 aromatic heterocycles. The van der Waals surface area contributed by atoms with Crippen LogP contribution < -0.4 is 5.32 Å². The highest BCUT2D eigenvalue weighted by molar-refractivity contribution is 5.92. The molecule has 25 heavy (non-hydrogen) atoms. The molecular formula is C18H22N4O3. The van der Waals surface area contributed by atoms with E-state index in [4.69, 9.17) is 4.42 Å². The van der Waals surface area contributed by atoms with Crippen molar-refractivity contribution in [3.63, 3.8) is 0 Å². The summed E-state index contributed by atoms with van der Waals surface area (Å²) in [6.07, 6.45) is 2.89. The van der Waals surface area contributed by atoms with Crippen molar-refractivity contribution >= 4 is 11.8 Å². The van der Waals surface area contributed by atoms with E-state index >= 15 is 0 Å². The predicted octanol–water partition coefficient (Wildman–Crippen LogP) is 1.86. The molecule has 132 valence electrons. The maximum absolute atomic E-state index is 12.6. The van der Waals surface area contributed by atoms with Crippen LogP contribution in [0.3, 0.4) is 0 Å². The van der Waals surface area contributed by atoms with Gasteiger partial charge in [0.05, 0.1) is 12.8 Å². The average molecular weight is 342 g/mol. The molecule has 0 bridgehead atoms. The predicted molar refractivity (Wildman–Crippen MR) is 90.7 cm³/mol. The lowest BCUT2D eigenvalue weighted by atomic mass is 9.95. The first-order valence-corrected chi connectivity index (χ1v) is 8.44. The van der Waals surface area contributed by atoms with Crippen LogP contribution in [-0.2, 0) is 11.3 Å². The minimum atomic E-state index is -0.0944. The monoisotopic (exact) mass is 342 g/mol. The van der Waals surface area contributed by atoms with Gasteiger partial charge in [0, 0.05) is 24.7 Å². The number of amides is 2. The third-order valence-corrected chi connectivity index (χ3v) is 4.36. The summed E-state index contributed by atoms with van der Waals surface area (Å²) in [7, 11) is 0. The van der Waals surface area contributed by atoms with Gasteiger partial charge in [-0.05, 0) is 44.9 Å². The average Bonchev–Trinajstić information content (AvgIpc) is 3.12. The molecule has 2 aromatic rings. The van der Waals surface area contributed by atoms with Gasteiger partial charge in [0.2, 0.25) is 5.91 Å². The molecule has 0 spiro atoms. The molecule has 3 rings (SSSR count). The largest absolute Gasteiger partial charge is 0.467 e. The Morgan fingerprint density at radius 2 is 2.04 bits per heavy atom. The molecule has 7 heteroatoms. The number of aromatic nitrogens is 2. The van der Waals surface area contributed by atoms with Gasteiger partial charge in [-0.15, -0.1) is 0 Å². The first-order valence-electron chi connectivity index (χ1n) is 8.44. The van der Waals surface area contributed by atoms with E-state index in [0.717, 1.165) is 11.5 Å². The number of hydrogen-bond donors (Lipinski definition) is 1. The number of carbonyl (C=O) groups excluding carboxylic acids is 2. The van der Waals surface area contributed by atoms with E-state index in [0.29, 0.717) is 44.0 Å². The zero-order valence-corrected chi connectivity index (χ0v) is 14.5. The molecular weight excluding hydrogens is 320 g/mol. The van der Waals surface area contributed by atoms with E-state index in [-0.39, 0.29) is 17.7 Å². The smallest absolute Gasteiger partial charge is 0.272 e. The van der Waals surface area contributed by atoms with Crippen LogP contribution in [0.25, 0.3) is 0 Å². The number of hydrogen-bond acceptors (Lipinski definition) is 5. The van der Waals surface area contributed by atoms with Crippen molar-refractivity contribution in [1.82, 2.24) is 20.2 Å². The van der Waals surface area contributed by atoms with Crippen molar-refractivity contribution in [2.45, 2.75) is 33.2 Å². The fourth-order valence-corrected chi connectivity index (χ4v) is 3.07. The number of piperidine rings is 1. The third-order valence-electron chi connectivity index (χ3n) is 4.36. The van der Waals surface area contributed by atoms with Crippen LogP contribution in [0, 0.1) is 19.8 Å². The van der Waals surface area contributed by atoms with Gasteiger partial charge in [0.25, 0.3) is 5.91 Å². The van der Waals surface area contributed by atoms with Gasteiger partial charge in [-0.25, -0.2) is 9.97 Å². The standard InChI is InChI=1S/C18H22N4O3/c1-12-10-16(21-13(2)20-12)18(24)22-7-5-14(6-8-22)17(23)19-11-15-4-3-9-25-15/h3-4,9-10,14H,5-8,11H2,1-2H3,(H,19,23). The second kappa shape index (κ2) is 7.46. The minimum absolute atomic E-state index is 0.0113. The van der Waals surface area contributed by atoms with E-state index in [1.165, 1.54) is 0 Å². The molecule has 1 fully saturated rings. The normalized spacial score (nSPS) is 15.2. The Bertz CT molecular complexity index is 729. The molecule has 0 aromatic carbocycles. The Kier molecular flexibility index (Phi) is 5.11. The second-order valence-corrected chi connectivity index (χ2v) is 6.31. The SMILES string of the molecule is Cc1cc(C(=O)N2CCC(C(=O)NCc3ccco3)CC2)nc(C)n1. The number of aryl methyl sites for hydroxylation is 2. The van der Waals surface area contributed by atoms with Crippen LogP contribution in [0.15, 0.2) is 28.9 Å². The lowest BCUT2D eigenvalue weighted by Crippen LogP contribution is -2.43. The summed E-state index contributed by atoms with van der Waals surface area (Å²) in [5.74, 6) is 1.17. The summed E-state index contributed by atoms with van der Waals surface area (Å²) in [6.45, 7) is 5.13. The summed E-state index contributed by atoms with van der Waals surface area (Å²) in [4.78, 5) is 35.0. The van der Waals surface area contributed by atoms with Crippen molar-refractivity contribution in [3.05, 3.63) is 47.4 Å². The fraction of sp³-hybridized carbons (Fsp3) is 0.444. The molecule has 3 heterocycles. The zero-order valence-electron chi connectivity index (χ0n) is 14.5. The number of carbonyl (C=O) groups is 2. The molecule has 0 atom stereocenters. The van der Waals surface area contributed by atoms with Gasteiger partial charge in [0.15, 0.2) is 0 Å². The molecule has 2 amide bonds. The van der Waals surface area contributed by atoms with E-state index in [2.05, 4.69) is 15.3 Å². The highest BCUT2D eigenvalue weighted by Crippen LogP contribution is 2.19. The molecule has 0 saturated carbocycles. The van der Waals surface area contributed by atoms with Crippen molar-refractivity contribution in [1.29, 1.82) is 0 Å². The van der Waals surface area contributed by atoms with E-state index in [1.807, 2.05) is 13.0 Å². The maximum Gasteiger partial charge on any atom is 0.272 e. The maximum atomic E-state index is 12.6. The Morgan fingerprint density at radius 1 is 1.28 bits per heavy atom. The van der Waals surface area contributed by atoms with Crippen molar-refractivity contribution < 1.29 is 14.0 Å². The quantitative estimate of drug-likeness (QED) is 0.916. The summed E-state index contributed by atoms with van der Waals surface area (Å²) in [6, 6.07) is 5.33. The van der Waals surface area contributed by atoms with Crippen LogP contribution in [0.4, 0.5) is 0 Å². The van der Waals surface area contributed by atoms with Crippen molar-refractivity contribution in [3.8, 4) is 0 Å². The first-order chi connectivity index (χ1) is 12.0. The number of rotatable bonds is 4. The second-order valence-electron chi connectivity index (χ2n) is 6.31. The van der Waals surface area contributed by atoms with E-state index in [1.54, 1.807) is 30.2 Å². The van der Waals surface area contributed by atoms with Gasteiger partial charge in [0.1, 0.15) is 17.3 Å². The van der Waals surface area contributed by atoms with Crippen LogP contribution in [-0.4, -0.2) is 39.8 Å². The molecule has 1 aliphatic rings. The Morgan fingerprint density at radius 3 is 2.68 bits per heavy atom. The molecule has 0 radical (unpaired) electrons. The number of nitrogens with zero attached hydrogens (tertiary/aromatic N) is 3. The molecule has 0 aliphatic carbocycles. The summed E-state index contributed by atoms with van der Waals surface area (Å²) in [5, 5.41) is 2.89. The van der Waals surface area contributed by atoms with Gasteiger partial charge in [-0.1, -0.05) is 0 Å². The number of furan rings is 1. The fourth-order valence-electron chi connectivity index (χ4n) is 3.07. The van der Waals surface area contributed by atoms with Gasteiger partial charge in [-0.2, -0.15) is 0 Å². The summed E-state index contributed by atoms with van der Waals surface area (Å²) < 4.78 is 5.21. The van der Waals surface area contributed by atoms with Crippen molar-refractivity contribution in [2.75, 3.05) is 13.1 Å². The van der Waals surface area contributed by atoms with Crippen LogP contribution in [0.1, 0.15) is 40.6 Å². The zero-order chi connectivity index (χ0) is 17.8. The molecule has 0 unspecified atom stereocenters. The minimum Gasteiger partial charge on any atom is -0.467 e. The Balaban J connectivity index is 1.52. The topological polar surface area (TPSA) is 88.3 Å². The Labute approximate surface area is 146 Å². The Hall–Kier alpha value is -2.70. The highest BCUT2D eigenvalue weighted by Gasteiger charge is 2.28. The van der Waals surface area contributed by atoms with Gasteiger partial charge in [-0.3, -0.25) is 9.59 Å². The van der Waals surface area contributed by atoms with Gasteiger partial charge < -0.3 is 14.6 Å². The van der Waals surface area contributed by atoms with Crippen LogP contribution in [0.2, 0.25) is 0 Å². The first kappa shape index (κ1) is 17.1. The lowest BCUT2D eigenvalue weighted by molar-refractivity contribution is -0.126.